The van der Waals surface area contributed by atoms with Crippen molar-refractivity contribution < 1.29 is 14.2 Å². The zero-order chi connectivity index (χ0) is 14.5. The van der Waals surface area contributed by atoms with Crippen LogP contribution in [0.3, 0.4) is 0 Å². The maximum atomic E-state index is 5.72. The second-order valence-electron chi connectivity index (χ2n) is 5.29. The van der Waals surface area contributed by atoms with E-state index in [1.807, 2.05) is 6.07 Å². The third-order valence-electron chi connectivity index (χ3n) is 3.89. The van der Waals surface area contributed by atoms with Gasteiger partial charge < -0.3 is 19.5 Å². The molecule has 0 aromatic heterocycles. The zero-order valence-electron chi connectivity index (χ0n) is 12.8. The highest BCUT2D eigenvalue weighted by molar-refractivity contribution is 5.44. The topological polar surface area (TPSA) is 39.7 Å². The Morgan fingerprint density at radius 2 is 2.05 bits per heavy atom. The van der Waals surface area contributed by atoms with E-state index in [0.717, 1.165) is 31.1 Å². The van der Waals surface area contributed by atoms with Crippen LogP contribution in [0.5, 0.6) is 11.5 Å². The van der Waals surface area contributed by atoms with Crippen molar-refractivity contribution in [2.45, 2.75) is 32.4 Å². The summed E-state index contributed by atoms with van der Waals surface area (Å²) in [6.45, 7) is 6.02. The Morgan fingerprint density at radius 1 is 1.30 bits per heavy atom. The first-order chi connectivity index (χ1) is 9.69. The van der Waals surface area contributed by atoms with E-state index in [0.29, 0.717) is 18.1 Å². The molecule has 112 valence electrons. The molecular weight excluding hydrogens is 254 g/mol. The molecule has 1 aromatic carbocycles. The largest absolute Gasteiger partial charge is 0.493 e. The standard InChI is InChI=1S/C16H25NO3/c1-5-17-16(13-8-11(2)20-10-13)12-6-7-14(18-3)15(9-12)19-4/h6-7,9,11,13,16-17H,5,8,10H2,1-4H3. The first-order valence-corrected chi connectivity index (χ1v) is 7.26. The molecule has 0 spiro atoms. The molecule has 1 aliphatic heterocycles. The number of rotatable bonds is 6. The lowest BCUT2D eigenvalue weighted by Crippen LogP contribution is -2.28. The first-order valence-electron chi connectivity index (χ1n) is 7.26. The molecule has 1 heterocycles. The first kappa shape index (κ1) is 15.1. The molecule has 20 heavy (non-hydrogen) atoms. The van der Waals surface area contributed by atoms with Crippen LogP contribution < -0.4 is 14.8 Å². The highest BCUT2D eigenvalue weighted by Crippen LogP contribution is 2.36. The second-order valence-corrected chi connectivity index (χ2v) is 5.29. The lowest BCUT2D eigenvalue weighted by atomic mass is 9.90. The molecular formula is C16H25NO3. The maximum Gasteiger partial charge on any atom is 0.161 e. The molecule has 3 unspecified atom stereocenters. The average Bonchev–Trinajstić information content (AvgIpc) is 2.90. The van der Waals surface area contributed by atoms with Gasteiger partial charge in [-0.2, -0.15) is 0 Å². The summed E-state index contributed by atoms with van der Waals surface area (Å²) in [5.74, 6) is 2.05. The van der Waals surface area contributed by atoms with Crippen molar-refractivity contribution in [3.63, 3.8) is 0 Å². The van der Waals surface area contributed by atoms with E-state index in [2.05, 4.69) is 31.3 Å². The monoisotopic (exact) mass is 279 g/mol. The lowest BCUT2D eigenvalue weighted by Gasteiger charge is -2.24. The van der Waals surface area contributed by atoms with Crippen LogP contribution in [0, 0.1) is 5.92 Å². The normalized spacial score (nSPS) is 23.6. The van der Waals surface area contributed by atoms with Crippen LogP contribution in [0.1, 0.15) is 31.9 Å². The Labute approximate surface area is 121 Å². The van der Waals surface area contributed by atoms with Gasteiger partial charge in [0.25, 0.3) is 0 Å². The summed E-state index contributed by atoms with van der Waals surface area (Å²) in [4.78, 5) is 0. The molecule has 0 radical (unpaired) electrons. The molecule has 2 rings (SSSR count). The molecule has 0 saturated carbocycles. The number of hydrogen-bond donors (Lipinski definition) is 1. The Kier molecular flexibility index (Phi) is 5.26. The van der Waals surface area contributed by atoms with Crippen molar-refractivity contribution >= 4 is 0 Å². The number of benzene rings is 1. The van der Waals surface area contributed by atoms with E-state index in [1.54, 1.807) is 14.2 Å². The Hall–Kier alpha value is -1.26. The summed E-state index contributed by atoms with van der Waals surface area (Å²) in [6.07, 6.45) is 1.44. The predicted molar refractivity (Wildman–Crippen MR) is 79.5 cm³/mol. The minimum atomic E-state index is 0.296. The minimum absolute atomic E-state index is 0.296. The summed E-state index contributed by atoms with van der Waals surface area (Å²) in [5, 5.41) is 3.57. The molecule has 1 aliphatic rings. The summed E-state index contributed by atoms with van der Waals surface area (Å²) in [6, 6.07) is 6.44. The molecule has 1 N–H and O–H groups in total. The fourth-order valence-electron chi connectivity index (χ4n) is 2.91. The van der Waals surface area contributed by atoms with E-state index in [1.165, 1.54) is 5.56 Å². The molecule has 1 aromatic rings. The van der Waals surface area contributed by atoms with Gasteiger partial charge in [0.2, 0.25) is 0 Å². The van der Waals surface area contributed by atoms with Gasteiger partial charge in [-0.15, -0.1) is 0 Å². The quantitative estimate of drug-likeness (QED) is 0.869. The van der Waals surface area contributed by atoms with Crippen molar-refractivity contribution in [2.24, 2.45) is 5.92 Å². The molecule has 0 amide bonds. The molecule has 4 heteroatoms. The zero-order valence-corrected chi connectivity index (χ0v) is 12.8. The number of hydrogen-bond acceptors (Lipinski definition) is 4. The lowest BCUT2D eigenvalue weighted by molar-refractivity contribution is 0.117. The van der Waals surface area contributed by atoms with Gasteiger partial charge in [-0.25, -0.2) is 0 Å². The molecule has 1 saturated heterocycles. The molecule has 0 aliphatic carbocycles. The van der Waals surface area contributed by atoms with Gasteiger partial charge in [-0.1, -0.05) is 13.0 Å². The van der Waals surface area contributed by atoms with E-state index in [-0.39, 0.29) is 0 Å². The maximum absolute atomic E-state index is 5.72. The van der Waals surface area contributed by atoms with Crippen molar-refractivity contribution in [2.75, 3.05) is 27.4 Å². The second kappa shape index (κ2) is 6.95. The third kappa shape index (κ3) is 3.25. The van der Waals surface area contributed by atoms with Crippen LogP contribution in [-0.4, -0.2) is 33.5 Å². The Morgan fingerprint density at radius 3 is 2.60 bits per heavy atom. The molecule has 3 atom stereocenters. The van der Waals surface area contributed by atoms with Crippen molar-refractivity contribution in [3.8, 4) is 11.5 Å². The van der Waals surface area contributed by atoms with Crippen LogP contribution in [-0.2, 0) is 4.74 Å². The fraction of sp³-hybridized carbons (Fsp3) is 0.625. The highest BCUT2D eigenvalue weighted by atomic mass is 16.5. The van der Waals surface area contributed by atoms with E-state index >= 15 is 0 Å². The van der Waals surface area contributed by atoms with Crippen LogP contribution in [0.25, 0.3) is 0 Å². The van der Waals surface area contributed by atoms with Gasteiger partial charge in [0.1, 0.15) is 0 Å². The molecule has 4 nitrogen and oxygen atoms in total. The Bertz CT molecular complexity index is 436. The van der Waals surface area contributed by atoms with Crippen molar-refractivity contribution in [1.82, 2.24) is 5.32 Å². The van der Waals surface area contributed by atoms with E-state index in [4.69, 9.17) is 14.2 Å². The van der Waals surface area contributed by atoms with Crippen molar-refractivity contribution in [3.05, 3.63) is 23.8 Å². The Balaban J connectivity index is 2.24. The fourth-order valence-corrected chi connectivity index (χ4v) is 2.91. The predicted octanol–water partition coefficient (Wildman–Crippen LogP) is 2.78. The van der Waals surface area contributed by atoms with Gasteiger partial charge in [0.15, 0.2) is 11.5 Å². The summed E-state index contributed by atoms with van der Waals surface area (Å²) in [7, 11) is 3.33. The number of ether oxygens (including phenoxy) is 3. The van der Waals surface area contributed by atoms with Gasteiger partial charge in [-0.3, -0.25) is 0 Å². The van der Waals surface area contributed by atoms with Gasteiger partial charge in [0.05, 0.1) is 26.9 Å². The van der Waals surface area contributed by atoms with Crippen LogP contribution in [0.2, 0.25) is 0 Å². The van der Waals surface area contributed by atoms with E-state index in [9.17, 15) is 0 Å². The summed E-state index contributed by atoms with van der Waals surface area (Å²) >= 11 is 0. The van der Waals surface area contributed by atoms with Gasteiger partial charge >= 0.3 is 0 Å². The summed E-state index contributed by atoms with van der Waals surface area (Å²) < 4.78 is 16.4. The summed E-state index contributed by atoms with van der Waals surface area (Å²) in [5.41, 5.74) is 1.23. The molecule has 1 fully saturated rings. The smallest absolute Gasteiger partial charge is 0.161 e. The van der Waals surface area contributed by atoms with Crippen LogP contribution in [0.4, 0.5) is 0 Å². The number of methoxy groups -OCH3 is 2. The van der Waals surface area contributed by atoms with Crippen LogP contribution in [0.15, 0.2) is 18.2 Å². The highest BCUT2D eigenvalue weighted by Gasteiger charge is 2.30. The number of nitrogens with one attached hydrogen (secondary N) is 1. The molecule has 0 bridgehead atoms. The van der Waals surface area contributed by atoms with Crippen LogP contribution >= 0.6 is 0 Å². The van der Waals surface area contributed by atoms with Gasteiger partial charge in [-0.05, 0) is 37.6 Å². The van der Waals surface area contributed by atoms with E-state index < -0.39 is 0 Å². The van der Waals surface area contributed by atoms with Crippen molar-refractivity contribution in [1.29, 1.82) is 0 Å². The SMILES string of the molecule is CCNC(c1ccc(OC)c(OC)c1)C1COC(C)C1. The minimum Gasteiger partial charge on any atom is -0.493 e. The average molecular weight is 279 g/mol. The van der Waals surface area contributed by atoms with Gasteiger partial charge in [0, 0.05) is 12.0 Å². The third-order valence-corrected chi connectivity index (χ3v) is 3.89.